The first-order valence-corrected chi connectivity index (χ1v) is 45.3. The Bertz CT molecular complexity index is 5620. The first kappa shape index (κ1) is 101. The maximum absolute atomic E-state index is 13.1. The summed E-state index contributed by atoms with van der Waals surface area (Å²) in [4.78, 5) is 0. The van der Waals surface area contributed by atoms with E-state index in [2.05, 4.69) is 163 Å². The molecule has 129 heavy (non-hydrogen) atoms. The van der Waals surface area contributed by atoms with Gasteiger partial charge in [-0.1, -0.05) is 277 Å². The Labute approximate surface area is 756 Å². The van der Waals surface area contributed by atoms with Crippen LogP contribution in [0.15, 0.2) is 215 Å². The molecule has 5 N–H and O–H groups in total. The number of fused-ring (bicyclic) bond motifs is 5. The van der Waals surface area contributed by atoms with Crippen molar-refractivity contribution in [3.63, 3.8) is 0 Å². The highest BCUT2D eigenvalue weighted by molar-refractivity contribution is 5.98. The molecular weight excluding hydrogens is 1650 g/mol. The molecule has 5 aliphatic carbocycles. The minimum absolute atomic E-state index is 0.257. The molecule has 10 aromatic rings. The summed E-state index contributed by atoms with van der Waals surface area (Å²) in [5, 5.41) is 60.9. The van der Waals surface area contributed by atoms with E-state index in [1.54, 1.807) is 66.7 Å². The van der Waals surface area contributed by atoms with Crippen LogP contribution in [0.5, 0.6) is 0 Å². The summed E-state index contributed by atoms with van der Waals surface area (Å²) in [7, 11) is 0. The fourth-order valence-electron chi connectivity index (χ4n) is 19.1. The van der Waals surface area contributed by atoms with Crippen molar-refractivity contribution in [1.29, 1.82) is 0 Å². The fourth-order valence-corrected chi connectivity index (χ4v) is 19.1. The van der Waals surface area contributed by atoms with Gasteiger partial charge in [-0.3, -0.25) is 0 Å². The average Bonchev–Trinajstić information content (AvgIpc) is 1.75. The van der Waals surface area contributed by atoms with E-state index in [1.807, 2.05) is 61.5 Å². The maximum Gasteiger partial charge on any atom is 0.428 e. The van der Waals surface area contributed by atoms with Gasteiger partial charge in [-0.15, -0.1) is 0 Å². The van der Waals surface area contributed by atoms with Gasteiger partial charge < -0.3 is 49.2 Å². The van der Waals surface area contributed by atoms with Gasteiger partial charge in [0.25, 0.3) is 5.60 Å². The Morgan fingerprint density at radius 3 is 1.12 bits per heavy atom. The van der Waals surface area contributed by atoms with Crippen molar-refractivity contribution in [3.8, 4) is 0 Å². The van der Waals surface area contributed by atoms with E-state index in [1.165, 1.54) is 78.5 Å². The second kappa shape index (κ2) is 39.9. The molecule has 0 aliphatic heterocycles. The quantitative estimate of drug-likeness (QED) is 0.0350. The van der Waals surface area contributed by atoms with Crippen molar-refractivity contribution in [2.24, 2.45) is 0 Å². The van der Waals surface area contributed by atoms with E-state index < -0.39 is 71.0 Å². The van der Waals surface area contributed by atoms with Gasteiger partial charge in [0.2, 0.25) is 0 Å². The normalized spacial score (nSPS) is 17.8. The van der Waals surface area contributed by atoms with E-state index in [-0.39, 0.29) is 29.6 Å². The maximum atomic E-state index is 13.1. The highest BCUT2D eigenvalue weighted by Gasteiger charge is 2.71. The summed E-state index contributed by atoms with van der Waals surface area (Å²) in [5.74, 6) is 0. The van der Waals surface area contributed by atoms with Gasteiger partial charge in [0.05, 0.1) is 77.8 Å². The predicted octanol–water partition coefficient (Wildman–Crippen LogP) is 28.8. The van der Waals surface area contributed by atoms with Gasteiger partial charge >= 0.3 is 18.5 Å². The Morgan fingerprint density at radius 2 is 0.651 bits per heavy atom. The topological polar surface area (TPSA) is 147 Å². The summed E-state index contributed by atoms with van der Waals surface area (Å²) in [6.45, 7) is 40.3. The highest BCUT2D eigenvalue weighted by Crippen LogP contribution is 2.54. The van der Waals surface area contributed by atoms with Gasteiger partial charge in [0.1, 0.15) is 0 Å². The number of hydrogen-bond donors (Lipinski definition) is 5. The molecule has 694 valence electrons. The third kappa shape index (κ3) is 23.3. The molecule has 5 aliphatic rings. The number of allylic oxidation sites excluding steroid dienone is 5. The molecular formula is C110H131F9O10. The molecule has 1 atom stereocenters. The minimum Gasteiger partial charge on any atom is -0.388 e. The van der Waals surface area contributed by atoms with Crippen LogP contribution in [0.2, 0.25) is 0 Å². The number of alkyl halides is 9. The van der Waals surface area contributed by atoms with Crippen LogP contribution in [0.4, 0.5) is 39.5 Å². The zero-order chi connectivity index (χ0) is 94.4. The van der Waals surface area contributed by atoms with Crippen LogP contribution in [-0.4, -0.2) is 105 Å². The van der Waals surface area contributed by atoms with Gasteiger partial charge in [-0.05, 0) is 287 Å². The number of halogens is 9. The van der Waals surface area contributed by atoms with Crippen LogP contribution < -0.4 is 0 Å². The largest absolute Gasteiger partial charge is 0.428 e. The molecule has 0 bridgehead atoms. The van der Waals surface area contributed by atoms with E-state index >= 15 is 0 Å². The summed E-state index contributed by atoms with van der Waals surface area (Å²) in [5.41, 5.74) is 1.75. The lowest BCUT2D eigenvalue weighted by Crippen LogP contribution is -2.60. The van der Waals surface area contributed by atoms with Crippen molar-refractivity contribution >= 4 is 81.7 Å². The molecule has 19 heteroatoms. The molecule has 0 aromatic heterocycles. The highest BCUT2D eigenvalue weighted by atomic mass is 19.4. The fraction of sp³-hybridized carbons (Fsp3) is 0.455. The summed E-state index contributed by atoms with van der Waals surface area (Å²) in [6, 6.07) is 61.4. The van der Waals surface area contributed by atoms with E-state index in [0.717, 1.165) is 145 Å². The molecule has 1 unspecified atom stereocenters. The molecule has 0 saturated heterocycles. The molecule has 5 saturated carbocycles. The molecule has 0 heterocycles. The monoisotopic (exact) mass is 1780 g/mol. The van der Waals surface area contributed by atoms with Crippen molar-refractivity contribution in [2.45, 2.75) is 286 Å². The number of ether oxygens (including phenoxy) is 5. The Morgan fingerprint density at radius 1 is 0.287 bits per heavy atom. The molecule has 10 aromatic carbocycles. The summed E-state index contributed by atoms with van der Waals surface area (Å²) in [6.07, 6.45) is 1.15. The predicted molar refractivity (Wildman–Crippen MR) is 506 cm³/mol. The van der Waals surface area contributed by atoms with Gasteiger partial charge in [0, 0.05) is 0 Å². The van der Waals surface area contributed by atoms with E-state index in [4.69, 9.17) is 23.7 Å². The Kier molecular flexibility index (Phi) is 31.2. The second-order valence-corrected chi connectivity index (χ2v) is 39.1. The molecule has 0 amide bonds. The lowest BCUT2D eigenvalue weighted by Gasteiger charge is -2.37. The summed E-state index contributed by atoms with van der Waals surface area (Å²) >= 11 is 0. The van der Waals surface area contributed by atoms with Crippen LogP contribution in [-0.2, 0) is 51.7 Å². The van der Waals surface area contributed by atoms with Crippen molar-refractivity contribution in [1.82, 2.24) is 0 Å². The smallest absolute Gasteiger partial charge is 0.388 e. The lowest BCUT2D eigenvalue weighted by molar-refractivity contribution is -0.383. The number of benzene rings is 10. The minimum atomic E-state index is -5.92. The Balaban J connectivity index is 0.000000156. The standard InChI is InChI=1S/C22H22F6O2.C22H25F3O2.3C22H28O2/c1-14(2)18-12-16(11-15-7-3-4-8-17(15)18)19(9-5-6-10-19)30-13-20(29,21(23,24)25)22(26,27)28;1-15(2)19-17-9-5-4-8-16(17)10-11-18(19)21(12-6-7-13-21)27-14-20(3,26)22(23,24)25;1-16(2)18-11-7-9-17-10-8-12-19(20(17)18)22(13-5-6-14-22)24-15-21(3,4)23;1-16(2)19-9-7-8-17-10-11-18(14-20(17)19)22(12-5-6-13-22)24-15-21(3,4)23;1-16(2)19-13-17-9-5-6-10-18(17)14-20(19)22(11-7-8-12-22)24-15-21(3,4)23/h3-4,7-8,11-12,29H,1,5-6,9-10,13H2,2H3;4-5,8-11,26H,1,6-7,12-14H2,2-3H3;7-12,23H,1,5-6,13-15H2,2-4H3;7-11,14,23H,1,5-6,12-13,15H2,2-4H3;5-6,9-10,13-14,23H,1,7-8,11-12,15H2,2-4H3. The number of aliphatic hydroxyl groups is 5. The van der Waals surface area contributed by atoms with Crippen LogP contribution in [0.3, 0.4) is 0 Å². The lowest BCUT2D eigenvalue weighted by atomic mass is 9.83. The van der Waals surface area contributed by atoms with E-state index in [9.17, 15) is 65.0 Å². The molecule has 0 radical (unpaired) electrons. The van der Waals surface area contributed by atoms with Crippen LogP contribution in [0, 0.1) is 0 Å². The number of rotatable bonds is 25. The van der Waals surface area contributed by atoms with Crippen LogP contribution in [0.1, 0.15) is 267 Å². The first-order chi connectivity index (χ1) is 60.3. The zero-order valence-electron chi connectivity index (χ0n) is 77.2. The first-order valence-electron chi connectivity index (χ1n) is 45.3. The molecule has 15 rings (SSSR count). The SMILES string of the molecule is C=C(C)c1c(C2(OCC(C)(O)C(F)(F)F)CCCC2)ccc2ccccc12.C=C(C)c1cc(C2(OCC(O)(C(F)(F)F)C(F)(F)F)CCCC2)cc2ccccc12.C=C(C)c1cc2ccccc2cc1C1(OCC(C)(C)O)CCCC1.C=C(C)c1cccc2ccc(C3(OCC(C)(C)O)CCCC3)cc12.C=C(C)c1cccc2cccc(C3(OCC(C)(C)O)CCCC3)c12. The average molecular weight is 1780 g/mol. The third-order valence-corrected chi connectivity index (χ3v) is 26.2. The zero-order valence-corrected chi connectivity index (χ0v) is 77.2. The van der Waals surface area contributed by atoms with Crippen molar-refractivity contribution < 1.29 is 88.7 Å². The Hall–Kier alpha value is -8.83. The van der Waals surface area contributed by atoms with E-state index in [0.29, 0.717) is 56.6 Å². The van der Waals surface area contributed by atoms with Crippen molar-refractivity contribution in [2.75, 3.05) is 33.0 Å². The van der Waals surface area contributed by atoms with Gasteiger partial charge in [-0.25, -0.2) is 0 Å². The molecule has 10 nitrogen and oxygen atoms in total. The van der Waals surface area contributed by atoms with Gasteiger partial charge in [0.15, 0.2) is 5.60 Å². The van der Waals surface area contributed by atoms with Gasteiger partial charge in [-0.2, -0.15) is 39.5 Å². The van der Waals surface area contributed by atoms with Crippen molar-refractivity contribution in [3.05, 3.63) is 271 Å². The molecule has 0 spiro atoms. The second-order valence-electron chi connectivity index (χ2n) is 39.1. The van der Waals surface area contributed by atoms with Crippen LogP contribution in [0.25, 0.3) is 81.7 Å². The third-order valence-electron chi connectivity index (χ3n) is 26.2. The van der Waals surface area contributed by atoms with Crippen LogP contribution >= 0.6 is 0 Å². The number of hydrogen-bond acceptors (Lipinski definition) is 10. The molecule has 5 fully saturated rings. The summed E-state index contributed by atoms with van der Waals surface area (Å²) < 4.78 is 148.